The van der Waals surface area contributed by atoms with Crippen molar-refractivity contribution < 1.29 is 9.90 Å². The maximum absolute atomic E-state index is 11.3. The number of aromatic carboxylic acids is 1. The molecule has 0 fully saturated rings. The first-order chi connectivity index (χ1) is 8.91. The number of anilines is 1. The first-order valence-corrected chi connectivity index (χ1v) is 6.87. The smallest absolute Gasteiger partial charge is 0.339 e. The van der Waals surface area contributed by atoms with Crippen molar-refractivity contribution in [3.05, 3.63) is 22.9 Å². The Hall–Kier alpha value is -1.58. The second-order valence-corrected chi connectivity index (χ2v) is 5.43. The van der Waals surface area contributed by atoms with Gasteiger partial charge in [0.2, 0.25) is 0 Å². The van der Waals surface area contributed by atoms with Gasteiger partial charge in [-0.1, -0.05) is 26.7 Å². The first-order valence-electron chi connectivity index (χ1n) is 6.87. The number of hydrogen-bond acceptors (Lipinski definition) is 3. The number of aryl methyl sites for hydroxylation is 2. The molecule has 0 saturated heterocycles. The monoisotopic (exact) mass is 264 g/mol. The van der Waals surface area contributed by atoms with E-state index in [2.05, 4.69) is 24.1 Å². The Morgan fingerprint density at radius 2 is 2.05 bits per heavy atom. The van der Waals surface area contributed by atoms with Crippen LogP contribution in [0.5, 0.6) is 0 Å². The Morgan fingerprint density at radius 3 is 2.63 bits per heavy atom. The third kappa shape index (κ3) is 4.89. The molecule has 0 amide bonds. The van der Waals surface area contributed by atoms with E-state index in [1.807, 2.05) is 13.8 Å². The summed E-state index contributed by atoms with van der Waals surface area (Å²) in [6, 6.07) is 1.80. The number of aromatic nitrogens is 1. The Labute approximate surface area is 115 Å². The lowest BCUT2D eigenvalue weighted by Crippen LogP contribution is -2.12. The number of carboxylic acid groups (broad SMARTS) is 1. The lowest BCUT2D eigenvalue weighted by atomic mass is 10.1. The van der Waals surface area contributed by atoms with E-state index in [-0.39, 0.29) is 5.56 Å². The Bertz CT molecular complexity index is 442. The van der Waals surface area contributed by atoms with Crippen molar-refractivity contribution in [2.45, 2.75) is 47.0 Å². The van der Waals surface area contributed by atoms with Gasteiger partial charge < -0.3 is 10.4 Å². The van der Waals surface area contributed by atoms with Crippen LogP contribution in [0.4, 0.5) is 5.82 Å². The molecule has 0 bridgehead atoms. The molecule has 0 aliphatic heterocycles. The van der Waals surface area contributed by atoms with Gasteiger partial charge in [-0.15, -0.1) is 0 Å². The highest BCUT2D eigenvalue weighted by molar-refractivity contribution is 5.94. The molecular weight excluding hydrogens is 240 g/mol. The molecule has 1 heterocycles. The molecule has 0 saturated carbocycles. The highest BCUT2D eigenvalue weighted by Gasteiger charge is 2.15. The summed E-state index contributed by atoms with van der Waals surface area (Å²) in [6.07, 6.45) is 3.39. The molecule has 0 aliphatic rings. The molecule has 1 aromatic rings. The zero-order valence-electron chi connectivity index (χ0n) is 12.3. The second kappa shape index (κ2) is 7.12. The second-order valence-electron chi connectivity index (χ2n) is 5.43. The van der Waals surface area contributed by atoms with E-state index >= 15 is 0 Å². The number of nitrogens with one attached hydrogen (secondary N) is 1. The van der Waals surface area contributed by atoms with Gasteiger partial charge in [-0.25, -0.2) is 9.78 Å². The average molecular weight is 264 g/mol. The van der Waals surface area contributed by atoms with Crippen molar-refractivity contribution in [2.24, 2.45) is 5.92 Å². The predicted molar refractivity (Wildman–Crippen MR) is 77.8 cm³/mol. The van der Waals surface area contributed by atoms with E-state index in [0.717, 1.165) is 30.6 Å². The molecule has 0 unspecified atom stereocenters. The first kappa shape index (κ1) is 15.5. The molecule has 19 heavy (non-hydrogen) atoms. The molecule has 0 radical (unpaired) electrons. The topological polar surface area (TPSA) is 62.2 Å². The quantitative estimate of drug-likeness (QED) is 0.738. The van der Waals surface area contributed by atoms with Crippen molar-refractivity contribution in [1.82, 2.24) is 4.98 Å². The number of nitrogens with zero attached hydrogens (tertiary/aromatic N) is 1. The predicted octanol–water partition coefficient (Wildman–Crippen LogP) is 3.63. The summed E-state index contributed by atoms with van der Waals surface area (Å²) in [4.78, 5) is 15.5. The number of carbonyl (C=O) groups is 1. The number of hydrogen-bond donors (Lipinski definition) is 2. The van der Waals surface area contributed by atoms with Gasteiger partial charge in [0.15, 0.2) is 0 Å². The summed E-state index contributed by atoms with van der Waals surface area (Å²) in [5, 5.41) is 12.4. The molecule has 0 spiro atoms. The van der Waals surface area contributed by atoms with Gasteiger partial charge in [0, 0.05) is 12.2 Å². The molecule has 0 atom stereocenters. The summed E-state index contributed by atoms with van der Waals surface area (Å²) >= 11 is 0. The van der Waals surface area contributed by atoms with E-state index in [4.69, 9.17) is 0 Å². The highest BCUT2D eigenvalue weighted by Crippen LogP contribution is 2.19. The molecule has 4 nitrogen and oxygen atoms in total. The van der Waals surface area contributed by atoms with E-state index in [0.29, 0.717) is 11.7 Å². The normalized spacial score (nSPS) is 10.8. The van der Waals surface area contributed by atoms with Crippen LogP contribution in [0.1, 0.15) is 54.7 Å². The van der Waals surface area contributed by atoms with Gasteiger partial charge in [-0.2, -0.15) is 0 Å². The van der Waals surface area contributed by atoms with E-state index in [1.165, 1.54) is 6.42 Å². The van der Waals surface area contributed by atoms with E-state index in [1.54, 1.807) is 6.07 Å². The molecule has 4 heteroatoms. The molecular formula is C15H24N2O2. The van der Waals surface area contributed by atoms with Gasteiger partial charge in [0.25, 0.3) is 0 Å². The van der Waals surface area contributed by atoms with Crippen molar-refractivity contribution >= 4 is 11.8 Å². The van der Waals surface area contributed by atoms with Crippen LogP contribution < -0.4 is 5.32 Å². The minimum absolute atomic E-state index is 0.287. The summed E-state index contributed by atoms with van der Waals surface area (Å²) in [5.41, 5.74) is 1.88. The van der Waals surface area contributed by atoms with E-state index < -0.39 is 5.97 Å². The van der Waals surface area contributed by atoms with Gasteiger partial charge in [-0.05, 0) is 37.8 Å². The lowest BCUT2D eigenvalue weighted by molar-refractivity contribution is 0.0697. The fourth-order valence-corrected chi connectivity index (χ4v) is 2.12. The number of pyridine rings is 1. The summed E-state index contributed by atoms with van der Waals surface area (Å²) in [5.74, 6) is 0.290. The molecule has 106 valence electrons. The van der Waals surface area contributed by atoms with Crippen LogP contribution in [-0.2, 0) is 0 Å². The van der Waals surface area contributed by atoms with Gasteiger partial charge in [-0.3, -0.25) is 0 Å². The molecule has 0 aliphatic carbocycles. The molecule has 2 N–H and O–H groups in total. The molecule has 1 rings (SSSR count). The average Bonchev–Trinajstić information content (AvgIpc) is 2.26. The van der Waals surface area contributed by atoms with Crippen molar-refractivity contribution in [3.63, 3.8) is 0 Å². The van der Waals surface area contributed by atoms with Crippen LogP contribution in [0.25, 0.3) is 0 Å². The van der Waals surface area contributed by atoms with Crippen molar-refractivity contribution in [3.8, 4) is 0 Å². The van der Waals surface area contributed by atoms with Crippen LogP contribution in [0.15, 0.2) is 6.07 Å². The number of rotatable bonds is 7. The maximum atomic E-state index is 11.3. The Balaban J connectivity index is 2.64. The van der Waals surface area contributed by atoms with Crippen LogP contribution in [0.3, 0.4) is 0 Å². The number of carboxylic acids is 1. The largest absolute Gasteiger partial charge is 0.478 e. The van der Waals surface area contributed by atoms with Crippen LogP contribution in [-0.4, -0.2) is 22.6 Å². The van der Waals surface area contributed by atoms with Crippen LogP contribution >= 0.6 is 0 Å². The molecule has 0 aromatic carbocycles. The fourth-order valence-electron chi connectivity index (χ4n) is 2.12. The van der Waals surface area contributed by atoms with Crippen molar-refractivity contribution in [2.75, 3.05) is 11.9 Å². The zero-order chi connectivity index (χ0) is 14.4. The van der Waals surface area contributed by atoms with Gasteiger partial charge >= 0.3 is 5.97 Å². The minimum atomic E-state index is -0.922. The zero-order valence-corrected chi connectivity index (χ0v) is 12.3. The third-order valence-electron chi connectivity index (χ3n) is 3.06. The standard InChI is InChI=1S/C15H24N2O2/c1-10(2)7-5-6-8-16-14-13(15(18)19)11(3)9-12(4)17-14/h9-10H,5-8H2,1-4H3,(H,16,17)(H,18,19). The summed E-state index contributed by atoms with van der Waals surface area (Å²) < 4.78 is 0. The highest BCUT2D eigenvalue weighted by atomic mass is 16.4. The van der Waals surface area contributed by atoms with Crippen molar-refractivity contribution in [1.29, 1.82) is 0 Å². The van der Waals surface area contributed by atoms with Crippen LogP contribution in [0, 0.1) is 19.8 Å². The minimum Gasteiger partial charge on any atom is -0.478 e. The van der Waals surface area contributed by atoms with Gasteiger partial charge in [0.05, 0.1) is 0 Å². The number of unbranched alkanes of at least 4 members (excludes halogenated alkanes) is 1. The third-order valence-corrected chi connectivity index (χ3v) is 3.06. The van der Waals surface area contributed by atoms with Crippen LogP contribution in [0.2, 0.25) is 0 Å². The van der Waals surface area contributed by atoms with E-state index in [9.17, 15) is 9.90 Å². The molecule has 1 aromatic heterocycles. The fraction of sp³-hybridized carbons (Fsp3) is 0.600. The summed E-state index contributed by atoms with van der Waals surface area (Å²) in [7, 11) is 0. The Kier molecular flexibility index (Phi) is 5.80. The Morgan fingerprint density at radius 1 is 1.37 bits per heavy atom. The maximum Gasteiger partial charge on any atom is 0.339 e. The lowest BCUT2D eigenvalue weighted by Gasteiger charge is -2.12. The summed E-state index contributed by atoms with van der Waals surface area (Å²) in [6.45, 7) is 8.87. The SMILES string of the molecule is Cc1cc(C)c(C(=O)O)c(NCCCCC(C)C)n1. The van der Waals surface area contributed by atoms with Gasteiger partial charge in [0.1, 0.15) is 11.4 Å².